The lowest BCUT2D eigenvalue weighted by Gasteiger charge is -2.22. The van der Waals surface area contributed by atoms with Gasteiger partial charge in [-0.25, -0.2) is 9.79 Å². The van der Waals surface area contributed by atoms with E-state index in [0.29, 0.717) is 26.2 Å². The first-order valence-electron chi connectivity index (χ1n) is 8.82. The number of hydrogen-bond acceptors (Lipinski definition) is 7. The van der Waals surface area contributed by atoms with Crippen LogP contribution in [0.4, 0.5) is 0 Å². The van der Waals surface area contributed by atoms with Crippen molar-refractivity contribution in [2.24, 2.45) is 4.99 Å². The van der Waals surface area contributed by atoms with Crippen LogP contribution >= 0.6 is 11.3 Å². The Kier molecular flexibility index (Phi) is 5.42. The number of nitrogens with zero attached hydrogens (tertiary/aromatic N) is 2. The zero-order chi connectivity index (χ0) is 20.6. The number of aromatic hydroxyl groups is 1. The van der Waals surface area contributed by atoms with Crippen LogP contribution < -0.4 is 19.6 Å². The van der Waals surface area contributed by atoms with Crippen molar-refractivity contribution < 1.29 is 19.4 Å². The number of carbonyl (C=O) groups is 1. The maximum Gasteiger partial charge on any atom is 0.338 e. The molecule has 0 radical (unpaired) electrons. The number of rotatable bonds is 4. The summed E-state index contributed by atoms with van der Waals surface area (Å²) in [5.41, 5.74) is 2.14. The fourth-order valence-corrected chi connectivity index (χ4v) is 4.17. The van der Waals surface area contributed by atoms with Crippen LogP contribution in [0.25, 0.3) is 11.3 Å². The topological polar surface area (TPSA) is 90.1 Å². The van der Waals surface area contributed by atoms with Gasteiger partial charge in [0.2, 0.25) is 0 Å². The molecule has 0 spiro atoms. The Morgan fingerprint density at radius 3 is 2.68 bits per heavy atom. The van der Waals surface area contributed by atoms with Gasteiger partial charge in [0, 0.05) is 5.70 Å². The lowest BCUT2D eigenvalue weighted by atomic mass is 9.96. The highest BCUT2D eigenvalue weighted by atomic mass is 32.1. The first-order valence-corrected chi connectivity index (χ1v) is 9.64. The van der Waals surface area contributed by atoms with Gasteiger partial charge in [0.25, 0.3) is 5.56 Å². The fraction of sp³-hybridized carbons (Fsp3) is 0.350. The third-order valence-electron chi connectivity index (χ3n) is 4.49. The van der Waals surface area contributed by atoms with Crippen LogP contribution in [-0.4, -0.2) is 29.4 Å². The van der Waals surface area contributed by atoms with E-state index >= 15 is 0 Å². The van der Waals surface area contributed by atoms with Gasteiger partial charge in [-0.3, -0.25) is 9.36 Å². The first kappa shape index (κ1) is 19.9. The van der Waals surface area contributed by atoms with Gasteiger partial charge in [-0.15, -0.1) is 0 Å². The minimum absolute atomic E-state index is 0.00743. The normalized spacial score (nSPS) is 15.7. The molecule has 2 heterocycles. The summed E-state index contributed by atoms with van der Waals surface area (Å²) in [5, 5.41) is 9.90. The molecule has 1 aliphatic heterocycles. The third kappa shape index (κ3) is 3.24. The summed E-state index contributed by atoms with van der Waals surface area (Å²) in [6.45, 7) is 7.39. The second-order valence-electron chi connectivity index (χ2n) is 6.54. The number of methoxy groups -OCH3 is 1. The molecule has 8 heteroatoms. The Bertz CT molecular complexity index is 1150. The van der Waals surface area contributed by atoms with Crippen molar-refractivity contribution in [3.05, 3.63) is 49.0 Å². The van der Waals surface area contributed by atoms with E-state index in [1.165, 1.54) is 29.1 Å². The Morgan fingerprint density at radius 1 is 1.36 bits per heavy atom. The van der Waals surface area contributed by atoms with E-state index in [1.807, 2.05) is 13.8 Å². The number of phenolic OH excluding ortho intramolecular Hbond substituents is 1. The fourth-order valence-electron chi connectivity index (χ4n) is 3.13. The minimum Gasteiger partial charge on any atom is -0.504 e. The van der Waals surface area contributed by atoms with Crippen molar-refractivity contribution in [1.29, 1.82) is 0 Å². The molecule has 1 aromatic carbocycles. The molecule has 1 aliphatic rings. The van der Waals surface area contributed by atoms with Crippen LogP contribution in [0.3, 0.4) is 0 Å². The summed E-state index contributed by atoms with van der Waals surface area (Å²) in [7, 11) is 1.45. The molecule has 0 unspecified atom stereocenters. The number of carbonyl (C=O) groups excluding carboxylic acids is 1. The third-order valence-corrected chi connectivity index (χ3v) is 5.75. The van der Waals surface area contributed by atoms with E-state index in [1.54, 1.807) is 26.0 Å². The lowest BCUT2D eigenvalue weighted by molar-refractivity contribution is -0.138. The SMILES string of the molecule is CCOC(=O)C1=C(C)n2c(sc(=C(C)C)c2=O)=N[C@@H]1c1ccc(O)c(OC)c1. The number of hydrogen-bond donors (Lipinski definition) is 1. The van der Waals surface area contributed by atoms with Gasteiger partial charge in [-0.2, -0.15) is 0 Å². The molecule has 2 aromatic rings. The summed E-state index contributed by atoms with van der Waals surface area (Å²) < 4.78 is 12.5. The second kappa shape index (κ2) is 7.63. The molecule has 148 valence electrons. The molecule has 1 aromatic heterocycles. The Morgan fingerprint density at radius 2 is 2.07 bits per heavy atom. The number of allylic oxidation sites excluding steroid dienone is 1. The van der Waals surface area contributed by atoms with E-state index in [4.69, 9.17) is 14.5 Å². The summed E-state index contributed by atoms with van der Waals surface area (Å²) in [5.74, 6) is -0.253. The number of phenols is 1. The lowest BCUT2D eigenvalue weighted by Crippen LogP contribution is -2.35. The Labute approximate surface area is 165 Å². The van der Waals surface area contributed by atoms with E-state index in [2.05, 4.69) is 0 Å². The number of aromatic nitrogens is 1. The number of benzene rings is 1. The number of ether oxygens (including phenoxy) is 2. The van der Waals surface area contributed by atoms with Crippen molar-refractivity contribution >= 4 is 28.6 Å². The molecular weight excluding hydrogens is 380 g/mol. The summed E-state index contributed by atoms with van der Waals surface area (Å²) in [6, 6.07) is 4.14. The number of esters is 1. The predicted octanol–water partition coefficient (Wildman–Crippen LogP) is 1.98. The van der Waals surface area contributed by atoms with Gasteiger partial charge >= 0.3 is 5.97 Å². The minimum atomic E-state index is -0.670. The van der Waals surface area contributed by atoms with Gasteiger partial charge < -0.3 is 14.6 Å². The van der Waals surface area contributed by atoms with E-state index in [9.17, 15) is 14.7 Å². The highest BCUT2D eigenvalue weighted by molar-refractivity contribution is 7.07. The Hall–Kier alpha value is -2.87. The van der Waals surface area contributed by atoms with Crippen molar-refractivity contribution in [2.75, 3.05) is 13.7 Å². The van der Waals surface area contributed by atoms with Gasteiger partial charge in [0.1, 0.15) is 6.04 Å². The summed E-state index contributed by atoms with van der Waals surface area (Å²) in [6.07, 6.45) is 0. The van der Waals surface area contributed by atoms with Crippen LogP contribution in [0.1, 0.15) is 39.3 Å². The van der Waals surface area contributed by atoms with Crippen LogP contribution in [0.5, 0.6) is 11.5 Å². The van der Waals surface area contributed by atoms with Crippen molar-refractivity contribution in [2.45, 2.75) is 33.7 Å². The van der Waals surface area contributed by atoms with Crippen molar-refractivity contribution in [3.63, 3.8) is 0 Å². The Balaban J connectivity index is 2.33. The summed E-state index contributed by atoms with van der Waals surface area (Å²) >= 11 is 1.29. The highest BCUT2D eigenvalue weighted by Crippen LogP contribution is 2.36. The molecule has 0 saturated carbocycles. The van der Waals surface area contributed by atoms with Crippen LogP contribution in [-0.2, 0) is 9.53 Å². The van der Waals surface area contributed by atoms with Gasteiger partial charge in [0.15, 0.2) is 16.3 Å². The van der Waals surface area contributed by atoms with Gasteiger partial charge in [-0.05, 0) is 45.4 Å². The largest absolute Gasteiger partial charge is 0.504 e. The highest BCUT2D eigenvalue weighted by Gasteiger charge is 2.31. The van der Waals surface area contributed by atoms with Gasteiger partial charge in [-0.1, -0.05) is 23.0 Å². The monoisotopic (exact) mass is 402 g/mol. The maximum absolute atomic E-state index is 12.8. The van der Waals surface area contributed by atoms with Crippen LogP contribution in [0, 0.1) is 0 Å². The van der Waals surface area contributed by atoms with Gasteiger partial charge in [0.05, 0.1) is 23.8 Å². The van der Waals surface area contributed by atoms with E-state index in [-0.39, 0.29) is 23.7 Å². The molecule has 0 fully saturated rings. The molecule has 3 rings (SSSR count). The zero-order valence-corrected chi connectivity index (χ0v) is 17.2. The van der Waals surface area contributed by atoms with Crippen molar-refractivity contribution in [3.8, 4) is 11.5 Å². The average Bonchev–Trinajstić information content (AvgIpc) is 2.99. The number of thiazole rings is 1. The second-order valence-corrected chi connectivity index (χ2v) is 7.51. The van der Waals surface area contributed by atoms with Crippen LogP contribution in [0.15, 0.2) is 33.6 Å². The smallest absolute Gasteiger partial charge is 0.338 e. The number of fused-ring (bicyclic) bond motifs is 1. The maximum atomic E-state index is 12.8. The molecule has 0 aliphatic carbocycles. The molecule has 1 N–H and O–H groups in total. The molecular formula is C20H22N2O5S. The molecule has 1 atom stereocenters. The van der Waals surface area contributed by atoms with Crippen LogP contribution in [0.2, 0.25) is 0 Å². The molecule has 28 heavy (non-hydrogen) atoms. The molecule has 0 bridgehead atoms. The van der Waals surface area contributed by atoms with E-state index < -0.39 is 12.0 Å². The standard InChI is InChI=1S/C20H22N2O5S/c1-6-27-19(25)15-11(4)22-18(24)17(10(2)3)28-20(22)21-16(15)12-7-8-13(23)14(9-12)26-5/h7-9,16,23H,6H2,1-5H3/t16-/m1/s1. The molecule has 0 saturated heterocycles. The quantitative estimate of drug-likeness (QED) is 0.790. The zero-order valence-electron chi connectivity index (χ0n) is 16.4. The first-order chi connectivity index (χ1) is 13.3. The summed E-state index contributed by atoms with van der Waals surface area (Å²) in [4.78, 5) is 30.8. The predicted molar refractivity (Wildman–Crippen MR) is 107 cm³/mol. The molecule has 0 amide bonds. The average molecular weight is 402 g/mol. The van der Waals surface area contributed by atoms with E-state index in [0.717, 1.165) is 5.57 Å². The van der Waals surface area contributed by atoms with Crippen molar-refractivity contribution in [1.82, 2.24) is 4.57 Å². The molecule has 7 nitrogen and oxygen atoms in total.